The van der Waals surface area contributed by atoms with Gasteiger partial charge >= 0.3 is 0 Å². The predicted octanol–water partition coefficient (Wildman–Crippen LogP) is 0.391. The second-order valence-electron chi connectivity index (χ2n) is 4.39. The number of phenols is 1. The minimum absolute atomic E-state index is 0. The van der Waals surface area contributed by atoms with E-state index in [-0.39, 0.29) is 18.2 Å². The maximum absolute atomic E-state index is 9.86. The van der Waals surface area contributed by atoms with Gasteiger partial charge in [-0.2, -0.15) is 0 Å². The van der Waals surface area contributed by atoms with Crippen LogP contribution >= 0.6 is 0 Å². The third-order valence-corrected chi connectivity index (χ3v) is 2.95. The first kappa shape index (κ1) is 14.1. The highest BCUT2D eigenvalue weighted by Gasteiger charge is 2.06. The highest BCUT2D eigenvalue weighted by molar-refractivity contribution is 5.90. The second-order valence-corrected chi connectivity index (χ2v) is 4.39. The minimum Gasteiger partial charge on any atom is -1.00 e. The number of phenolic OH excluding ortho intramolecular Hbond substituents is 1. The SMILES string of the molecule is Cc1ccc(O)c(Nc2ncnc3ccccc23)c1.[Cl-]. The van der Waals surface area contributed by atoms with Crippen molar-refractivity contribution < 1.29 is 17.5 Å². The first-order chi connectivity index (χ1) is 9.24. The molecule has 20 heavy (non-hydrogen) atoms. The van der Waals surface area contributed by atoms with E-state index >= 15 is 0 Å². The summed E-state index contributed by atoms with van der Waals surface area (Å²) in [5, 5.41) is 13.9. The van der Waals surface area contributed by atoms with Gasteiger partial charge in [0.25, 0.3) is 0 Å². The Morgan fingerprint density at radius 2 is 1.85 bits per heavy atom. The number of benzene rings is 2. The van der Waals surface area contributed by atoms with Gasteiger partial charge in [-0.05, 0) is 36.8 Å². The van der Waals surface area contributed by atoms with Gasteiger partial charge in [0.15, 0.2) is 0 Å². The number of aryl methyl sites for hydroxylation is 1. The number of nitrogens with one attached hydrogen (secondary N) is 1. The zero-order valence-electron chi connectivity index (χ0n) is 10.8. The van der Waals surface area contributed by atoms with Crippen LogP contribution < -0.4 is 17.7 Å². The van der Waals surface area contributed by atoms with E-state index in [0.29, 0.717) is 11.5 Å². The fraction of sp³-hybridized carbons (Fsp3) is 0.0667. The molecule has 3 rings (SSSR count). The van der Waals surface area contributed by atoms with Crippen LogP contribution in [0.3, 0.4) is 0 Å². The summed E-state index contributed by atoms with van der Waals surface area (Å²) < 4.78 is 0. The molecule has 0 aliphatic rings. The molecule has 0 bridgehead atoms. The largest absolute Gasteiger partial charge is 1.00 e. The van der Waals surface area contributed by atoms with Gasteiger partial charge in [0, 0.05) is 5.39 Å². The van der Waals surface area contributed by atoms with Crippen LogP contribution in [0.25, 0.3) is 10.9 Å². The van der Waals surface area contributed by atoms with Gasteiger partial charge in [0.1, 0.15) is 17.9 Å². The van der Waals surface area contributed by atoms with E-state index < -0.39 is 0 Å². The molecule has 0 saturated carbocycles. The van der Waals surface area contributed by atoms with Gasteiger partial charge in [-0.25, -0.2) is 9.97 Å². The van der Waals surface area contributed by atoms with E-state index in [1.54, 1.807) is 6.07 Å². The molecule has 0 radical (unpaired) electrons. The molecule has 0 fully saturated rings. The molecule has 0 aliphatic heterocycles. The van der Waals surface area contributed by atoms with Crippen molar-refractivity contribution in [2.45, 2.75) is 6.92 Å². The van der Waals surface area contributed by atoms with Crippen LogP contribution in [0, 0.1) is 6.92 Å². The number of aromatic hydroxyl groups is 1. The Labute approximate surface area is 122 Å². The average molecular weight is 287 g/mol. The molecule has 0 saturated heterocycles. The summed E-state index contributed by atoms with van der Waals surface area (Å²) in [6, 6.07) is 13.2. The highest BCUT2D eigenvalue weighted by atomic mass is 35.5. The van der Waals surface area contributed by atoms with Crippen molar-refractivity contribution in [1.29, 1.82) is 0 Å². The Hall–Kier alpha value is -2.33. The predicted molar refractivity (Wildman–Crippen MR) is 75.7 cm³/mol. The summed E-state index contributed by atoms with van der Waals surface area (Å²) in [5.74, 6) is 0.889. The van der Waals surface area contributed by atoms with E-state index in [4.69, 9.17) is 0 Å². The fourth-order valence-electron chi connectivity index (χ4n) is 1.98. The molecule has 3 aromatic rings. The molecule has 0 aliphatic carbocycles. The van der Waals surface area contributed by atoms with Crippen LogP contribution in [0.4, 0.5) is 11.5 Å². The molecule has 102 valence electrons. The van der Waals surface area contributed by atoms with Crippen molar-refractivity contribution in [3.8, 4) is 5.75 Å². The molecule has 4 nitrogen and oxygen atoms in total. The maximum Gasteiger partial charge on any atom is 0.141 e. The van der Waals surface area contributed by atoms with E-state index in [1.165, 1.54) is 6.33 Å². The number of halogens is 1. The fourth-order valence-corrected chi connectivity index (χ4v) is 1.98. The number of anilines is 2. The first-order valence-corrected chi connectivity index (χ1v) is 6.00. The molecular weight excluding hydrogens is 274 g/mol. The van der Waals surface area contributed by atoms with Crippen molar-refractivity contribution in [2.24, 2.45) is 0 Å². The Morgan fingerprint density at radius 3 is 2.70 bits per heavy atom. The zero-order chi connectivity index (χ0) is 13.2. The van der Waals surface area contributed by atoms with Gasteiger partial charge in [-0.1, -0.05) is 18.2 Å². The minimum atomic E-state index is 0. The quantitative estimate of drug-likeness (QED) is 0.669. The summed E-state index contributed by atoms with van der Waals surface area (Å²) >= 11 is 0. The molecule has 1 aromatic heterocycles. The number of fused-ring (bicyclic) bond motifs is 1. The van der Waals surface area contributed by atoms with E-state index in [1.807, 2.05) is 43.3 Å². The van der Waals surface area contributed by atoms with Crippen molar-refractivity contribution >= 4 is 22.4 Å². The van der Waals surface area contributed by atoms with Gasteiger partial charge in [-0.15, -0.1) is 0 Å². The summed E-state index contributed by atoms with van der Waals surface area (Å²) in [7, 11) is 0. The summed E-state index contributed by atoms with van der Waals surface area (Å²) in [6.45, 7) is 1.97. The van der Waals surface area contributed by atoms with Crippen molar-refractivity contribution in [3.63, 3.8) is 0 Å². The number of aromatic nitrogens is 2. The monoisotopic (exact) mass is 286 g/mol. The topological polar surface area (TPSA) is 58.0 Å². The van der Waals surface area contributed by atoms with Crippen LogP contribution in [0.5, 0.6) is 5.75 Å². The number of nitrogens with zero attached hydrogens (tertiary/aromatic N) is 2. The molecule has 0 spiro atoms. The van der Waals surface area contributed by atoms with E-state index in [2.05, 4.69) is 15.3 Å². The van der Waals surface area contributed by atoms with E-state index in [0.717, 1.165) is 16.5 Å². The number of para-hydroxylation sites is 1. The lowest BCUT2D eigenvalue weighted by Gasteiger charge is -2.10. The van der Waals surface area contributed by atoms with Gasteiger partial charge in [0.2, 0.25) is 0 Å². The van der Waals surface area contributed by atoms with Crippen LogP contribution in [-0.4, -0.2) is 15.1 Å². The summed E-state index contributed by atoms with van der Waals surface area (Å²) in [5.41, 5.74) is 2.58. The molecule has 0 unspecified atom stereocenters. The van der Waals surface area contributed by atoms with Crippen molar-refractivity contribution in [3.05, 3.63) is 54.4 Å². The Morgan fingerprint density at radius 1 is 1.05 bits per heavy atom. The molecule has 5 heteroatoms. The van der Waals surface area contributed by atoms with Crippen LogP contribution in [0.15, 0.2) is 48.8 Å². The molecule has 2 N–H and O–H groups in total. The Bertz CT molecular complexity index is 741. The third kappa shape index (κ3) is 2.65. The zero-order valence-corrected chi connectivity index (χ0v) is 11.6. The van der Waals surface area contributed by atoms with Gasteiger partial charge in [-0.3, -0.25) is 0 Å². The maximum atomic E-state index is 9.86. The van der Waals surface area contributed by atoms with Crippen molar-refractivity contribution in [2.75, 3.05) is 5.32 Å². The lowest BCUT2D eigenvalue weighted by atomic mass is 10.2. The number of rotatable bonds is 2. The molecule has 0 atom stereocenters. The standard InChI is InChI=1S/C15H13N3O.ClH/c1-10-6-7-14(19)13(8-10)18-15-11-4-2-3-5-12(11)16-9-17-15;/h2-9,19H,1H3,(H,16,17,18);1H/p-1. The Kier molecular flexibility index (Phi) is 4.05. The first-order valence-electron chi connectivity index (χ1n) is 6.00. The molecule has 0 amide bonds. The normalized spacial score (nSPS) is 10.1. The Balaban J connectivity index is 0.00000147. The third-order valence-electron chi connectivity index (χ3n) is 2.95. The second kappa shape index (κ2) is 5.75. The smallest absolute Gasteiger partial charge is 0.141 e. The van der Waals surface area contributed by atoms with Crippen LogP contribution in [0.1, 0.15) is 5.56 Å². The number of hydrogen-bond donors (Lipinski definition) is 2. The summed E-state index contributed by atoms with van der Waals surface area (Å²) in [4.78, 5) is 8.45. The lowest BCUT2D eigenvalue weighted by Crippen LogP contribution is -3.00. The molecule has 2 aromatic carbocycles. The van der Waals surface area contributed by atoms with Crippen LogP contribution in [-0.2, 0) is 0 Å². The number of hydrogen-bond acceptors (Lipinski definition) is 4. The van der Waals surface area contributed by atoms with Crippen LogP contribution in [0.2, 0.25) is 0 Å². The van der Waals surface area contributed by atoms with Crippen molar-refractivity contribution in [1.82, 2.24) is 9.97 Å². The average Bonchev–Trinajstić information content (AvgIpc) is 2.43. The molecule has 1 heterocycles. The van der Waals surface area contributed by atoms with Gasteiger partial charge in [0.05, 0.1) is 11.2 Å². The van der Waals surface area contributed by atoms with E-state index in [9.17, 15) is 5.11 Å². The highest BCUT2D eigenvalue weighted by Crippen LogP contribution is 2.29. The summed E-state index contributed by atoms with van der Waals surface area (Å²) in [6.07, 6.45) is 1.51. The van der Waals surface area contributed by atoms with Gasteiger partial charge < -0.3 is 22.8 Å². The lowest BCUT2D eigenvalue weighted by molar-refractivity contribution is -0.00000490. The molecular formula is C15H13ClN3O-.